The summed E-state index contributed by atoms with van der Waals surface area (Å²) in [6.07, 6.45) is 0. The van der Waals surface area contributed by atoms with E-state index in [-0.39, 0.29) is 5.41 Å². The third-order valence-corrected chi connectivity index (χ3v) is 8.69. The number of hydrogen-bond donors (Lipinski definition) is 0. The van der Waals surface area contributed by atoms with Gasteiger partial charge in [-0.15, -0.1) is 46.7 Å². The van der Waals surface area contributed by atoms with Crippen LogP contribution in [0.4, 0.5) is 0 Å². The molecule has 0 unspecified atom stereocenters. The fourth-order valence-corrected chi connectivity index (χ4v) is 2.68. The molecule has 0 saturated carbocycles. The van der Waals surface area contributed by atoms with Crippen molar-refractivity contribution in [3.8, 4) is 0 Å². The molecule has 0 nitrogen and oxygen atoms in total. The van der Waals surface area contributed by atoms with Crippen LogP contribution in [0.1, 0.15) is 66.5 Å². The molecule has 0 radical (unpaired) electrons. The van der Waals surface area contributed by atoms with E-state index in [1.165, 1.54) is 25.7 Å². The molecule has 3 aromatic rings. The fraction of sp³-hybridized carbons (Fsp3) is 0.400. The van der Waals surface area contributed by atoms with Gasteiger partial charge in [-0.25, -0.2) is 6.07 Å². The SMILES string of the molecule is CC(C)(C)c1c[cH-]c2ccccc12.CC(C)(C)c1cc[cH-]c1.C[C](C)=[Ti]([Cl])[Cl]. The second-order valence-corrected chi connectivity index (χ2v) is 15.6. The molecule has 0 aromatic heterocycles. The van der Waals surface area contributed by atoms with Gasteiger partial charge in [0.2, 0.25) is 0 Å². The molecule has 0 bridgehead atoms. The van der Waals surface area contributed by atoms with Crippen LogP contribution in [-0.4, -0.2) is 3.81 Å². The fourth-order valence-electron chi connectivity index (χ4n) is 2.68. The normalized spacial score (nSPS) is 11.2. The van der Waals surface area contributed by atoms with Crippen molar-refractivity contribution in [2.24, 2.45) is 0 Å². The Morgan fingerprint density at radius 3 is 1.82 bits per heavy atom. The predicted molar refractivity (Wildman–Crippen MR) is 127 cm³/mol. The van der Waals surface area contributed by atoms with E-state index in [9.17, 15) is 0 Å². The monoisotopic (exact) mass is 452 g/mol. The summed E-state index contributed by atoms with van der Waals surface area (Å²) in [7, 11) is 11.0. The second-order valence-electron chi connectivity index (χ2n) is 9.27. The summed E-state index contributed by atoms with van der Waals surface area (Å²) >= 11 is -1.60. The van der Waals surface area contributed by atoms with E-state index in [1.54, 1.807) is 0 Å². The van der Waals surface area contributed by atoms with Crippen molar-refractivity contribution >= 4 is 33.2 Å². The van der Waals surface area contributed by atoms with Crippen LogP contribution in [-0.2, 0) is 26.1 Å². The number of fused-ring (bicyclic) bond motifs is 1. The average Bonchev–Trinajstić information content (AvgIpc) is 3.25. The quantitative estimate of drug-likeness (QED) is 0.236. The zero-order valence-electron chi connectivity index (χ0n) is 18.5. The second kappa shape index (κ2) is 10.9. The molecule has 0 atom stereocenters. The Balaban J connectivity index is 0.000000229. The van der Waals surface area contributed by atoms with Crippen LogP contribution in [0.3, 0.4) is 0 Å². The molecule has 3 aromatic carbocycles. The van der Waals surface area contributed by atoms with E-state index < -0.39 is 15.3 Å². The first-order valence-electron chi connectivity index (χ1n) is 9.69. The van der Waals surface area contributed by atoms with Crippen LogP contribution < -0.4 is 0 Å². The van der Waals surface area contributed by atoms with Crippen molar-refractivity contribution in [2.45, 2.75) is 66.2 Å². The van der Waals surface area contributed by atoms with Gasteiger partial charge in [-0.3, -0.25) is 0 Å². The van der Waals surface area contributed by atoms with Gasteiger partial charge < -0.3 is 0 Å². The van der Waals surface area contributed by atoms with Gasteiger partial charge in [0.05, 0.1) is 0 Å². The van der Waals surface area contributed by atoms with Crippen molar-refractivity contribution in [3.63, 3.8) is 0 Å². The summed E-state index contributed by atoms with van der Waals surface area (Å²) in [5, 5.41) is 2.75. The Morgan fingerprint density at radius 1 is 0.857 bits per heavy atom. The summed E-state index contributed by atoms with van der Waals surface area (Å²) in [5.41, 5.74) is 3.44. The van der Waals surface area contributed by atoms with E-state index in [4.69, 9.17) is 18.6 Å². The van der Waals surface area contributed by atoms with Crippen LogP contribution in [0, 0.1) is 0 Å². The van der Waals surface area contributed by atoms with Crippen molar-refractivity contribution in [2.75, 3.05) is 0 Å². The third-order valence-electron chi connectivity index (χ3n) is 4.40. The van der Waals surface area contributed by atoms with E-state index in [0.29, 0.717) is 5.41 Å². The first kappa shape index (κ1) is 25.4. The number of benzene rings is 1. The maximum absolute atomic E-state index is 5.51. The summed E-state index contributed by atoms with van der Waals surface area (Å²) in [6.45, 7) is 17.4. The van der Waals surface area contributed by atoms with Crippen molar-refractivity contribution in [1.29, 1.82) is 0 Å². The summed E-state index contributed by atoms with van der Waals surface area (Å²) in [5.74, 6) is 0. The minimum atomic E-state index is -1.60. The molecular weight excluding hydrogens is 419 g/mol. The third kappa shape index (κ3) is 8.38. The molecule has 3 heteroatoms. The first-order chi connectivity index (χ1) is 12.8. The minimum absolute atomic E-state index is 0.253. The molecule has 154 valence electrons. The van der Waals surface area contributed by atoms with E-state index in [1.807, 2.05) is 13.8 Å². The van der Waals surface area contributed by atoms with Gasteiger partial charge in [0.25, 0.3) is 0 Å². The number of rotatable bonds is 0. The molecule has 0 aliphatic carbocycles. The van der Waals surface area contributed by atoms with Crippen LogP contribution >= 0.6 is 18.6 Å². The average molecular weight is 453 g/mol. The number of hydrogen-bond acceptors (Lipinski definition) is 0. The van der Waals surface area contributed by atoms with Crippen LogP contribution in [0.15, 0.2) is 60.7 Å². The van der Waals surface area contributed by atoms with E-state index >= 15 is 0 Å². The van der Waals surface area contributed by atoms with E-state index in [2.05, 4.69) is 102 Å². The van der Waals surface area contributed by atoms with Crippen molar-refractivity contribution < 1.29 is 15.3 Å². The Morgan fingerprint density at radius 2 is 1.43 bits per heavy atom. The van der Waals surface area contributed by atoms with Gasteiger partial charge in [-0.1, -0.05) is 58.4 Å². The van der Waals surface area contributed by atoms with Gasteiger partial charge in [0.1, 0.15) is 0 Å². The maximum atomic E-state index is 5.51. The Labute approximate surface area is 185 Å². The molecule has 0 saturated heterocycles. The van der Waals surface area contributed by atoms with Crippen LogP contribution in [0.2, 0.25) is 0 Å². The molecular formula is C25H34Cl2Ti-2. The number of halogens is 2. The Kier molecular flexibility index (Phi) is 9.91. The summed E-state index contributed by atoms with van der Waals surface area (Å²) < 4.78 is 1.21. The van der Waals surface area contributed by atoms with Crippen molar-refractivity contribution in [1.82, 2.24) is 0 Å². The molecule has 0 amide bonds. The predicted octanol–water partition coefficient (Wildman–Crippen LogP) is 8.68. The molecule has 3 rings (SSSR count). The summed E-state index contributed by atoms with van der Waals surface area (Å²) in [4.78, 5) is 0. The van der Waals surface area contributed by atoms with E-state index in [0.717, 1.165) is 0 Å². The molecule has 0 fully saturated rings. The molecule has 0 aliphatic heterocycles. The first-order valence-corrected chi connectivity index (χ1v) is 14.8. The summed E-state index contributed by atoms with van der Waals surface area (Å²) in [6, 6.07) is 21.5. The molecule has 0 N–H and O–H groups in total. The van der Waals surface area contributed by atoms with Gasteiger partial charge in [0, 0.05) is 0 Å². The zero-order chi connectivity index (χ0) is 21.5. The van der Waals surface area contributed by atoms with Gasteiger partial charge in [0.15, 0.2) is 0 Å². The van der Waals surface area contributed by atoms with Crippen LogP contribution in [0.25, 0.3) is 10.8 Å². The molecule has 0 spiro atoms. The Hall–Kier alpha value is -0.656. The van der Waals surface area contributed by atoms with Crippen LogP contribution in [0.5, 0.6) is 0 Å². The van der Waals surface area contributed by atoms with Gasteiger partial charge >= 0.3 is 51.6 Å². The Bertz CT molecular complexity index is 851. The molecule has 28 heavy (non-hydrogen) atoms. The standard InChI is InChI=1S/C13H15.C9H13.C3H6.2ClH.Ti/c1-13(2,3)12-9-8-10-6-4-5-7-11(10)12;1-9(2,3)8-6-4-5-7-8;1-3-2;;;/h4-9H,1-3H3;4-7H,1-3H3;1-2H3;2*1H;/q2*-1;;;;+2/p-2. The van der Waals surface area contributed by atoms with Gasteiger partial charge in [-0.2, -0.15) is 23.8 Å². The zero-order valence-corrected chi connectivity index (χ0v) is 21.6. The van der Waals surface area contributed by atoms with Crippen molar-refractivity contribution in [3.05, 3.63) is 71.8 Å². The molecule has 0 heterocycles. The van der Waals surface area contributed by atoms with Gasteiger partial charge in [-0.05, 0) is 0 Å². The molecule has 0 aliphatic rings. The topological polar surface area (TPSA) is 0 Å².